The van der Waals surface area contributed by atoms with Crippen LogP contribution in [0.15, 0.2) is 18.3 Å². The molecule has 2 heterocycles. The molecule has 1 fully saturated rings. The average Bonchev–Trinajstić information content (AvgIpc) is 2.65. The number of nitro groups is 1. The predicted molar refractivity (Wildman–Crippen MR) is 71.2 cm³/mol. The fourth-order valence-corrected chi connectivity index (χ4v) is 2.26. The summed E-state index contributed by atoms with van der Waals surface area (Å²) in [6.07, 6.45) is 2.44. The number of β-amino-alcohol motifs (C(OH)–C–C–N with tert-alkyl or cyclic N) is 1. The second-order valence-electron chi connectivity index (χ2n) is 4.54. The van der Waals surface area contributed by atoms with Crippen LogP contribution in [0.4, 0.5) is 11.5 Å². The number of pyridine rings is 1. The predicted octanol–water partition coefficient (Wildman–Crippen LogP) is 0.494. The van der Waals surface area contributed by atoms with Crippen molar-refractivity contribution in [3.05, 3.63) is 28.4 Å². The van der Waals surface area contributed by atoms with Gasteiger partial charge in [-0.15, -0.1) is 0 Å². The Bertz CT molecular complexity index is 441. The van der Waals surface area contributed by atoms with Crippen LogP contribution in [0.2, 0.25) is 0 Å². The maximum Gasteiger partial charge on any atom is 0.274 e. The van der Waals surface area contributed by atoms with E-state index in [4.69, 9.17) is 5.11 Å². The number of hydrogen-bond donors (Lipinski definition) is 1. The molecule has 7 heteroatoms. The molecule has 1 N–H and O–H groups in total. The van der Waals surface area contributed by atoms with Crippen molar-refractivity contribution in [3.63, 3.8) is 0 Å². The SMILES string of the molecule is O=[N+]([O-])c1ccnc(N2CCCN(CCO)CC2)c1. The van der Waals surface area contributed by atoms with Crippen LogP contribution in [-0.4, -0.2) is 59.2 Å². The topological polar surface area (TPSA) is 82.7 Å². The van der Waals surface area contributed by atoms with Crippen molar-refractivity contribution in [1.29, 1.82) is 0 Å². The molecule has 1 aliphatic heterocycles. The van der Waals surface area contributed by atoms with Crippen molar-refractivity contribution in [3.8, 4) is 0 Å². The molecule has 7 nitrogen and oxygen atoms in total. The highest BCUT2D eigenvalue weighted by atomic mass is 16.6. The normalized spacial score (nSPS) is 17.2. The van der Waals surface area contributed by atoms with Crippen LogP contribution >= 0.6 is 0 Å². The summed E-state index contributed by atoms with van der Waals surface area (Å²) in [6.45, 7) is 4.21. The number of aromatic nitrogens is 1. The molecule has 0 radical (unpaired) electrons. The second-order valence-corrected chi connectivity index (χ2v) is 4.54. The molecule has 0 aromatic carbocycles. The van der Waals surface area contributed by atoms with Crippen molar-refractivity contribution in [2.75, 3.05) is 44.2 Å². The molecule has 1 saturated heterocycles. The van der Waals surface area contributed by atoms with E-state index in [2.05, 4.69) is 14.8 Å². The van der Waals surface area contributed by atoms with Crippen LogP contribution in [0.1, 0.15) is 6.42 Å². The number of nitrogens with zero attached hydrogens (tertiary/aromatic N) is 4. The summed E-state index contributed by atoms with van der Waals surface area (Å²) < 4.78 is 0. The zero-order valence-electron chi connectivity index (χ0n) is 10.7. The first-order valence-corrected chi connectivity index (χ1v) is 6.39. The first kappa shape index (κ1) is 13.7. The summed E-state index contributed by atoms with van der Waals surface area (Å²) in [5, 5.41) is 19.7. The van der Waals surface area contributed by atoms with Crippen LogP contribution in [0.5, 0.6) is 0 Å². The molecule has 0 atom stereocenters. The fourth-order valence-electron chi connectivity index (χ4n) is 2.26. The van der Waals surface area contributed by atoms with Gasteiger partial charge in [0.15, 0.2) is 0 Å². The third-order valence-corrected chi connectivity index (χ3v) is 3.27. The standard InChI is InChI=1S/C12H18N4O3/c17-9-8-14-4-1-5-15(7-6-14)12-10-11(16(18)19)2-3-13-12/h2-3,10,17H,1,4-9H2. The summed E-state index contributed by atoms with van der Waals surface area (Å²) in [4.78, 5) is 18.8. The first-order valence-electron chi connectivity index (χ1n) is 6.39. The Morgan fingerprint density at radius 3 is 2.95 bits per heavy atom. The van der Waals surface area contributed by atoms with Gasteiger partial charge in [0.1, 0.15) is 5.82 Å². The van der Waals surface area contributed by atoms with E-state index in [1.54, 1.807) is 0 Å². The van der Waals surface area contributed by atoms with Gasteiger partial charge in [0, 0.05) is 38.4 Å². The molecular formula is C12H18N4O3. The van der Waals surface area contributed by atoms with E-state index in [0.29, 0.717) is 12.4 Å². The Morgan fingerprint density at radius 2 is 2.21 bits per heavy atom. The second kappa shape index (κ2) is 6.44. The molecule has 0 bridgehead atoms. The lowest BCUT2D eigenvalue weighted by Crippen LogP contribution is -2.32. The minimum absolute atomic E-state index is 0.0708. The minimum Gasteiger partial charge on any atom is -0.395 e. The summed E-state index contributed by atoms with van der Waals surface area (Å²) in [6, 6.07) is 2.92. The molecule has 1 aromatic heterocycles. The quantitative estimate of drug-likeness (QED) is 0.631. The van der Waals surface area contributed by atoms with Gasteiger partial charge in [-0.2, -0.15) is 0 Å². The molecular weight excluding hydrogens is 248 g/mol. The third kappa shape index (κ3) is 3.62. The summed E-state index contributed by atoms with van der Waals surface area (Å²) >= 11 is 0. The van der Waals surface area contributed by atoms with Gasteiger partial charge in [-0.25, -0.2) is 4.98 Å². The van der Waals surface area contributed by atoms with E-state index in [0.717, 1.165) is 32.6 Å². The minimum atomic E-state index is -0.402. The van der Waals surface area contributed by atoms with Gasteiger partial charge in [-0.3, -0.25) is 15.0 Å². The Hall–Kier alpha value is -1.73. The van der Waals surface area contributed by atoms with Crippen molar-refractivity contribution >= 4 is 11.5 Å². The lowest BCUT2D eigenvalue weighted by Gasteiger charge is -2.22. The number of aliphatic hydroxyl groups excluding tert-OH is 1. The first-order chi connectivity index (χ1) is 9.20. The van der Waals surface area contributed by atoms with E-state index in [1.165, 1.54) is 18.3 Å². The van der Waals surface area contributed by atoms with Gasteiger partial charge in [0.05, 0.1) is 17.6 Å². The van der Waals surface area contributed by atoms with Gasteiger partial charge >= 0.3 is 0 Å². The number of hydrogen-bond acceptors (Lipinski definition) is 6. The highest BCUT2D eigenvalue weighted by molar-refractivity contribution is 5.46. The maximum absolute atomic E-state index is 10.8. The van der Waals surface area contributed by atoms with Gasteiger partial charge in [0.25, 0.3) is 5.69 Å². The Labute approximate surface area is 111 Å². The molecule has 1 aromatic rings. The highest BCUT2D eigenvalue weighted by Gasteiger charge is 2.17. The molecule has 19 heavy (non-hydrogen) atoms. The van der Waals surface area contributed by atoms with Crippen molar-refractivity contribution in [2.45, 2.75) is 6.42 Å². The Kier molecular flexibility index (Phi) is 4.64. The molecule has 0 saturated carbocycles. The number of rotatable bonds is 4. The third-order valence-electron chi connectivity index (χ3n) is 3.27. The van der Waals surface area contributed by atoms with Crippen LogP contribution in [0.25, 0.3) is 0 Å². The van der Waals surface area contributed by atoms with Gasteiger partial charge in [0.2, 0.25) is 0 Å². The monoisotopic (exact) mass is 266 g/mol. The van der Waals surface area contributed by atoms with Gasteiger partial charge < -0.3 is 10.0 Å². The van der Waals surface area contributed by atoms with Gasteiger partial charge in [-0.05, 0) is 13.0 Å². The van der Waals surface area contributed by atoms with E-state index < -0.39 is 4.92 Å². The average molecular weight is 266 g/mol. The molecule has 0 aliphatic carbocycles. The van der Waals surface area contributed by atoms with Crippen LogP contribution < -0.4 is 4.90 Å². The molecule has 2 rings (SSSR count). The largest absolute Gasteiger partial charge is 0.395 e. The zero-order chi connectivity index (χ0) is 13.7. The van der Waals surface area contributed by atoms with Crippen LogP contribution in [-0.2, 0) is 0 Å². The lowest BCUT2D eigenvalue weighted by atomic mass is 10.3. The molecule has 104 valence electrons. The summed E-state index contributed by atoms with van der Waals surface area (Å²) in [7, 11) is 0. The van der Waals surface area contributed by atoms with Gasteiger partial charge in [-0.1, -0.05) is 0 Å². The molecule has 0 amide bonds. The van der Waals surface area contributed by atoms with E-state index in [9.17, 15) is 10.1 Å². The lowest BCUT2D eigenvalue weighted by molar-refractivity contribution is -0.384. The number of anilines is 1. The molecule has 1 aliphatic rings. The Morgan fingerprint density at radius 1 is 1.37 bits per heavy atom. The van der Waals surface area contributed by atoms with E-state index >= 15 is 0 Å². The maximum atomic E-state index is 10.8. The summed E-state index contributed by atoms with van der Waals surface area (Å²) in [5.41, 5.74) is 0.0708. The summed E-state index contributed by atoms with van der Waals surface area (Å²) in [5.74, 6) is 0.653. The highest BCUT2D eigenvalue weighted by Crippen LogP contribution is 2.19. The van der Waals surface area contributed by atoms with Crippen molar-refractivity contribution in [2.24, 2.45) is 0 Å². The van der Waals surface area contributed by atoms with E-state index in [1.807, 2.05) is 0 Å². The number of aliphatic hydroxyl groups is 1. The molecule has 0 unspecified atom stereocenters. The fraction of sp³-hybridized carbons (Fsp3) is 0.583. The Balaban J connectivity index is 2.05. The van der Waals surface area contributed by atoms with Crippen LogP contribution in [0, 0.1) is 10.1 Å². The van der Waals surface area contributed by atoms with Crippen molar-refractivity contribution < 1.29 is 10.0 Å². The smallest absolute Gasteiger partial charge is 0.274 e. The van der Waals surface area contributed by atoms with E-state index in [-0.39, 0.29) is 12.3 Å². The van der Waals surface area contributed by atoms with Crippen molar-refractivity contribution in [1.82, 2.24) is 9.88 Å². The zero-order valence-corrected chi connectivity index (χ0v) is 10.7. The van der Waals surface area contributed by atoms with Crippen LogP contribution in [0.3, 0.4) is 0 Å². The molecule has 0 spiro atoms.